The van der Waals surface area contributed by atoms with Crippen LogP contribution in [0.15, 0.2) is 12.2 Å². The molecular formula is C15H26BNO4. The van der Waals surface area contributed by atoms with Crippen LogP contribution in [-0.4, -0.2) is 47.4 Å². The molecule has 1 fully saturated rings. The Hall–Kier alpha value is -1.01. The molecule has 118 valence electrons. The molecule has 0 aromatic heterocycles. The minimum atomic E-state index is -0.514. The lowest BCUT2D eigenvalue weighted by Gasteiger charge is -2.32. The van der Waals surface area contributed by atoms with Gasteiger partial charge in [-0.05, 0) is 48.5 Å². The second kappa shape index (κ2) is 5.02. The number of nitrogens with zero attached hydrogens (tertiary/aromatic N) is 1. The van der Waals surface area contributed by atoms with E-state index in [1.54, 1.807) is 4.90 Å². The van der Waals surface area contributed by atoms with E-state index in [-0.39, 0.29) is 12.0 Å². The summed E-state index contributed by atoms with van der Waals surface area (Å²) in [5, 5.41) is 0. The predicted octanol–water partition coefficient (Wildman–Crippen LogP) is 2.79. The standard InChI is InChI=1S/C15H26BNO4/c1-13(2,3)19-12(18)17-10-8-9-11(17)16-20-14(4,5)15(6,7)21-16/h8-9,11H,10H2,1-7H3. The van der Waals surface area contributed by atoms with Gasteiger partial charge in [0.15, 0.2) is 0 Å². The van der Waals surface area contributed by atoms with Crippen molar-refractivity contribution in [3.63, 3.8) is 0 Å². The molecule has 0 N–H and O–H groups in total. The Labute approximate surface area is 127 Å². The van der Waals surface area contributed by atoms with Crippen molar-refractivity contribution in [1.82, 2.24) is 4.90 Å². The normalized spacial score (nSPS) is 27.3. The second-order valence-corrected chi connectivity index (χ2v) is 7.68. The summed E-state index contributed by atoms with van der Waals surface area (Å²) < 4.78 is 17.5. The number of hydrogen-bond donors (Lipinski definition) is 0. The molecule has 1 amide bonds. The van der Waals surface area contributed by atoms with Crippen molar-refractivity contribution < 1.29 is 18.8 Å². The maximum absolute atomic E-state index is 12.3. The molecule has 21 heavy (non-hydrogen) atoms. The van der Waals surface area contributed by atoms with Crippen molar-refractivity contribution >= 4 is 13.2 Å². The first-order valence-electron chi connectivity index (χ1n) is 7.45. The molecule has 1 atom stereocenters. The fraction of sp³-hybridized carbons (Fsp3) is 0.800. The number of amides is 1. The third kappa shape index (κ3) is 3.26. The summed E-state index contributed by atoms with van der Waals surface area (Å²) >= 11 is 0. The molecule has 0 radical (unpaired) electrons. The van der Waals surface area contributed by atoms with E-state index in [4.69, 9.17) is 14.0 Å². The first-order valence-corrected chi connectivity index (χ1v) is 7.45. The Kier molecular flexibility index (Phi) is 3.91. The summed E-state index contributed by atoms with van der Waals surface area (Å²) in [7, 11) is -0.471. The molecule has 0 spiro atoms. The maximum atomic E-state index is 12.3. The zero-order valence-corrected chi connectivity index (χ0v) is 14.1. The summed E-state index contributed by atoms with van der Waals surface area (Å²) in [4.78, 5) is 13.9. The molecule has 0 aromatic carbocycles. The summed E-state index contributed by atoms with van der Waals surface area (Å²) in [6.07, 6.45) is 3.55. The van der Waals surface area contributed by atoms with Crippen LogP contribution in [0.2, 0.25) is 0 Å². The van der Waals surface area contributed by atoms with E-state index in [2.05, 4.69) is 0 Å². The molecule has 0 aliphatic carbocycles. The van der Waals surface area contributed by atoms with Crippen LogP contribution < -0.4 is 0 Å². The van der Waals surface area contributed by atoms with E-state index in [9.17, 15) is 4.79 Å². The van der Waals surface area contributed by atoms with Crippen molar-refractivity contribution in [3.8, 4) is 0 Å². The van der Waals surface area contributed by atoms with Gasteiger partial charge in [-0.1, -0.05) is 12.2 Å². The largest absolute Gasteiger partial charge is 0.486 e. The Morgan fingerprint density at radius 2 is 1.76 bits per heavy atom. The molecule has 2 rings (SSSR count). The Balaban J connectivity index is 2.10. The SMILES string of the molecule is CC(C)(C)OC(=O)N1CC=CC1B1OC(C)(C)C(C)(C)O1. The van der Waals surface area contributed by atoms with Crippen molar-refractivity contribution in [2.75, 3.05) is 6.54 Å². The third-order valence-corrected chi connectivity index (χ3v) is 4.17. The van der Waals surface area contributed by atoms with Gasteiger partial charge in [0.2, 0.25) is 0 Å². The topological polar surface area (TPSA) is 48.0 Å². The molecule has 5 nitrogen and oxygen atoms in total. The van der Waals surface area contributed by atoms with Gasteiger partial charge in [0, 0.05) is 6.54 Å². The Morgan fingerprint density at radius 3 is 2.24 bits per heavy atom. The number of rotatable bonds is 1. The van der Waals surface area contributed by atoms with E-state index in [1.165, 1.54) is 0 Å². The molecule has 1 unspecified atom stereocenters. The van der Waals surface area contributed by atoms with Crippen molar-refractivity contribution in [2.45, 2.75) is 71.2 Å². The van der Waals surface area contributed by atoms with E-state index in [1.807, 2.05) is 60.6 Å². The lowest BCUT2D eigenvalue weighted by atomic mass is 9.78. The highest BCUT2D eigenvalue weighted by Gasteiger charge is 2.55. The van der Waals surface area contributed by atoms with E-state index >= 15 is 0 Å². The van der Waals surface area contributed by atoms with Crippen molar-refractivity contribution in [1.29, 1.82) is 0 Å². The van der Waals surface area contributed by atoms with Crippen LogP contribution >= 0.6 is 0 Å². The zero-order chi connectivity index (χ0) is 16.1. The summed E-state index contributed by atoms with van der Waals surface area (Å²) in [6, 6.07) is 0. The molecule has 2 aliphatic rings. The van der Waals surface area contributed by atoms with Crippen LogP contribution in [0.25, 0.3) is 0 Å². The molecular weight excluding hydrogens is 269 g/mol. The van der Waals surface area contributed by atoms with Crippen LogP contribution in [0.1, 0.15) is 48.5 Å². The van der Waals surface area contributed by atoms with E-state index < -0.39 is 23.9 Å². The quantitative estimate of drug-likeness (QED) is 0.551. The second-order valence-electron chi connectivity index (χ2n) is 7.68. The van der Waals surface area contributed by atoms with E-state index in [0.717, 1.165) is 0 Å². The highest BCUT2D eigenvalue weighted by Crippen LogP contribution is 2.39. The monoisotopic (exact) mass is 295 g/mol. The average molecular weight is 295 g/mol. The smallest absolute Gasteiger partial charge is 0.444 e. The molecule has 2 heterocycles. The van der Waals surface area contributed by atoms with Gasteiger partial charge in [0.1, 0.15) is 5.60 Å². The number of carbonyl (C=O) groups excluding carboxylic acids is 1. The highest BCUT2D eigenvalue weighted by molar-refractivity contribution is 6.48. The van der Waals surface area contributed by atoms with Gasteiger partial charge in [-0.3, -0.25) is 4.90 Å². The highest BCUT2D eigenvalue weighted by atomic mass is 16.7. The van der Waals surface area contributed by atoms with Crippen LogP contribution in [0, 0.1) is 0 Å². The maximum Gasteiger partial charge on any atom is 0.486 e. The molecule has 6 heteroatoms. The minimum Gasteiger partial charge on any atom is -0.444 e. The summed E-state index contributed by atoms with van der Waals surface area (Å²) in [5.74, 6) is -0.249. The Bertz CT molecular complexity index is 437. The summed E-state index contributed by atoms with van der Waals surface area (Å²) in [6.45, 7) is 14.1. The van der Waals surface area contributed by atoms with Gasteiger partial charge >= 0.3 is 13.2 Å². The lowest BCUT2D eigenvalue weighted by molar-refractivity contribution is 0.00578. The number of ether oxygens (including phenoxy) is 1. The van der Waals surface area contributed by atoms with Crippen LogP contribution in [0.3, 0.4) is 0 Å². The molecule has 0 saturated carbocycles. The van der Waals surface area contributed by atoms with Gasteiger partial charge in [0.25, 0.3) is 0 Å². The first kappa shape index (κ1) is 16.4. The average Bonchev–Trinajstić information content (AvgIpc) is 2.79. The van der Waals surface area contributed by atoms with Gasteiger partial charge < -0.3 is 14.0 Å². The molecule has 0 bridgehead atoms. The molecule has 2 aliphatic heterocycles. The van der Waals surface area contributed by atoms with Crippen molar-refractivity contribution in [2.24, 2.45) is 0 Å². The minimum absolute atomic E-state index is 0.249. The fourth-order valence-electron chi connectivity index (χ4n) is 2.32. The van der Waals surface area contributed by atoms with Gasteiger partial charge in [0.05, 0.1) is 17.1 Å². The Morgan fingerprint density at radius 1 is 1.24 bits per heavy atom. The number of hydrogen-bond acceptors (Lipinski definition) is 4. The van der Waals surface area contributed by atoms with Crippen LogP contribution in [0.5, 0.6) is 0 Å². The number of carbonyl (C=O) groups is 1. The van der Waals surface area contributed by atoms with Gasteiger partial charge in [-0.25, -0.2) is 4.79 Å². The van der Waals surface area contributed by atoms with Gasteiger partial charge in [-0.2, -0.15) is 0 Å². The summed E-state index contributed by atoms with van der Waals surface area (Å²) in [5.41, 5.74) is -1.33. The van der Waals surface area contributed by atoms with Crippen molar-refractivity contribution in [3.05, 3.63) is 12.2 Å². The lowest BCUT2D eigenvalue weighted by Crippen LogP contribution is -2.48. The first-order chi connectivity index (χ1) is 9.43. The predicted molar refractivity (Wildman–Crippen MR) is 82.0 cm³/mol. The third-order valence-electron chi connectivity index (χ3n) is 4.17. The van der Waals surface area contributed by atoms with Gasteiger partial charge in [-0.15, -0.1) is 0 Å². The van der Waals surface area contributed by atoms with E-state index in [0.29, 0.717) is 6.54 Å². The zero-order valence-electron chi connectivity index (χ0n) is 14.1. The molecule has 0 aromatic rings. The van der Waals surface area contributed by atoms with Crippen LogP contribution in [-0.2, 0) is 14.0 Å². The fourth-order valence-corrected chi connectivity index (χ4v) is 2.32. The molecule has 1 saturated heterocycles. The van der Waals surface area contributed by atoms with Crippen LogP contribution in [0.4, 0.5) is 4.79 Å².